The molecule has 1 N–H and O–H groups in total. The van der Waals surface area contributed by atoms with Crippen LogP contribution in [0.5, 0.6) is 5.88 Å². The fourth-order valence-corrected chi connectivity index (χ4v) is 5.69. The van der Waals surface area contributed by atoms with Gasteiger partial charge in [0.1, 0.15) is 5.82 Å². The molecule has 0 spiro atoms. The maximum atomic E-state index is 13.7. The van der Waals surface area contributed by atoms with Crippen molar-refractivity contribution in [1.29, 1.82) is 0 Å². The minimum Gasteiger partial charge on any atom is -0.493 e. The Morgan fingerprint density at radius 3 is 2.26 bits per heavy atom. The summed E-state index contributed by atoms with van der Waals surface area (Å²) in [7, 11) is -2.96. The molecule has 0 fully saturated rings. The number of halogens is 1. The third kappa shape index (κ3) is 6.07. The van der Waals surface area contributed by atoms with Crippen molar-refractivity contribution in [1.82, 2.24) is 14.5 Å². The van der Waals surface area contributed by atoms with E-state index in [9.17, 15) is 22.7 Å². The van der Waals surface area contributed by atoms with E-state index in [4.69, 9.17) is 4.74 Å². The van der Waals surface area contributed by atoms with Crippen LogP contribution < -0.4 is 5.56 Å². The molecule has 2 heterocycles. The number of hydrogen-bond donors (Lipinski definition) is 1. The van der Waals surface area contributed by atoms with Crippen LogP contribution >= 0.6 is 0 Å². The molecule has 1 atom stereocenters. The van der Waals surface area contributed by atoms with Crippen molar-refractivity contribution in [3.63, 3.8) is 0 Å². The molecule has 4 aromatic rings. The molecule has 2 aromatic heterocycles. The summed E-state index contributed by atoms with van der Waals surface area (Å²) in [5, 5.41) is 11.5. The number of aromatic hydroxyl groups is 1. The first-order valence-corrected chi connectivity index (χ1v) is 14.0. The van der Waals surface area contributed by atoms with Crippen molar-refractivity contribution in [2.75, 3.05) is 13.7 Å². The van der Waals surface area contributed by atoms with Crippen molar-refractivity contribution < 1.29 is 22.7 Å². The molecular formula is C29H30FN3O5S. The van der Waals surface area contributed by atoms with Crippen LogP contribution in [-0.4, -0.2) is 41.8 Å². The van der Waals surface area contributed by atoms with Gasteiger partial charge in [-0.2, -0.15) is 9.37 Å². The summed E-state index contributed by atoms with van der Waals surface area (Å²) in [6.07, 6.45) is 2.36. The van der Waals surface area contributed by atoms with Crippen LogP contribution in [0.1, 0.15) is 37.7 Å². The summed E-state index contributed by atoms with van der Waals surface area (Å²) in [5.74, 6) is -0.758. The average Bonchev–Trinajstić information content (AvgIpc) is 2.92. The van der Waals surface area contributed by atoms with E-state index < -0.39 is 38.2 Å². The molecule has 204 valence electrons. The fraction of sp³-hybridized carbons (Fsp3) is 0.276. The summed E-state index contributed by atoms with van der Waals surface area (Å²) >= 11 is 0. The van der Waals surface area contributed by atoms with Crippen LogP contribution in [0.25, 0.3) is 11.1 Å². The standard InChI is InChI=1S/C29H30FN3O5S/c1-19(2)9-16-26-32-28(34)27(29(35)33(26)24(18-38-3)21-7-5-4-6-8-21)39(36,37)23-13-10-20(11-14-23)22-12-15-25(30)31-17-22/h4-8,10-15,17,19,24,35H,9,16,18H2,1-3H3/t24-/m0/s1. The fourth-order valence-electron chi connectivity index (χ4n) is 4.35. The van der Waals surface area contributed by atoms with Crippen molar-refractivity contribution in [2.45, 2.75) is 42.5 Å². The van der Waals surface area contributed by atoms with E-state index in [0.717, 1.165) is 5.56 Å². The summed E-state index contributed by atoms with van der Waals surface area (Å²) in [4.78, 5) is 20.0. The predicted octanol–water partition coefficient (Wildman–Crippen LogP) is 4.81. The molecule has 0 amide bonds. The normalized spacial score (nSPS) is 12.5. The van der Waals surface area contributed by atoms with Crippen LogP contribution in [0.3, 0.4) is 0 Å². The molecule has 0 saturated heterocycles. The number of ether oxygens (including phenoxy) is 1. The maximum Gasteiger partial charge on any atom is 0.296 e. The van der Waals surface area contributed by atoms with E-state index in [1.807, 2.05) is 44.2 Å². The lowest BCUT2D eigenvalue weighted by Gasteiger charge is -2.26. The molecule has 10 heteroatoms. The van der Waals surface area contributed by atoms with E-state index in [1.165, 1.54) is 54.3 Å². The number of rotatable bonds is 10. The van der Waals surface area contributed by atoms with Gasteiger partial charge in [0.05, 0.1) is 17.5 Å². The molecular weight excluding hydrogens is 521 g/mol. The van der Waals surface area contributed by atoms with Crippen LogP contribution in [0, 0.1) is 11.9 Å². The number of aromatic nitrogens is 3. The molecule has 0 saturated carbocycles. The van der Waals surface area contributed by atoms with Gasteiger partial charge in [0.15, 0.2) is 4.90 Å². The van der Waals surface area contributed by atoms with Gasteiger partial charge in [0.25, 0.3) is 5.56 Å². The van der Waals surface area contributed by atoms with Crippen molar-refractivity contribution in [2.24, 2.45) is 5.92 Å². The Bertz CT molecular complexity index is 1590. The minimum absolute atomic E-state index is 0.108. The Morgan fingerprint density at radius 2 is 1.67 bits per heavy atom. The molecule has 4 rings (SSSR count). The highest BCUT2D eigenvalue weighted by Gasteiger charge is 2.32. The monoisotopic (exact) mass is 551 g/mol. The molecule has 0 aliphatic carbocycles. The van der Waals surface area contributed by atoms with Gasteiger partial charge < -0.3 is 9.84 Å². The van der Waals surface area contributed by atoms with Crippen molar-refractivity contribution in [3.05, 3.63) is 101 Å². The number of methoxy groups -OCH3 is 1. The quantitative estimate of drug-likeness (QED) is 0.282. The lowest BCUT2D eigenvalue weighted by atomic mass is 10.0. The average molecular weight is 552 g/mol. The maximum absolute atomic E-state index is 13.7. The van der Waals surface area contributed by atoms with Crippen molar-refractivity contribution >= 4 is 9.84 Å². The zero-order valence-corrected chi connectivity index (χ0v) is 22.7. The van der Waals surface area contributed by atoms with Gasteiger partial charge in [-0.05, 0) is 47.7 Å². The molecule has 2 aromatic carbocycles. The van der Waals surface area contributed by atoms with Gasteiger partial charge in [-0.1, -0.05) is 56.3 Å². The molecule has 0 unspecified atom stereocenters. The molecule has 0 bridgehead atoms. The van der Waals surface area contributed by atoms with E-state index in [-0.39, 0.29) is 23.2 Å². The molecule has 0 aliphatic rings. The van der Waals surface area contributed by atoms with E-state index >= 15 is 0 Å². The number of benzene rings is 2. The van der Waals surface area contributed by atoms with Crippen LogP contribution in [0.15, 0.2) is 87.5 Å². The number of hydrogen-bond acceptors (Lipinski definition) is 7. The SMILES string of the molecule is COC[C@@H](c1ccccc1)n1c(CCC(C)C)nc(=O)c(S(=O)(=O)c2ccc(-c3ccc(F)nc3)cc2)c1O. The van der Waals surface area contributed by atoms with Crippen LogP contribution in [0.2, 0.25) is 0 Å². The van der Waals surface area contributed by atoms with Gasteiger partial charge >= 0.3 is 0 Å². The Kier molecular flexibility index (Phi) is 8.57. The first-order valence-electron chi connectivity index (χ1n) is 12.5. The number of nitrogens with zero attached hydrogens (tertiary/aromatic N) is 3. The largest absolute Gasteiger partial charge is 0.493 e. The van der Waals surface area contributed by atoms with E-state index in [0.29, 0.717) is 24.0 Å². The second-order valence-corrected chi connectivity index (χ2v) is 11.5. The minimum atomic E-state index is -4.47. The summed E-state index contributed by atoms with van der Waals surface area (Å²) in [6, 6.07) is 17.0. The van der Waals surface area contributed by atoms with Gasteiger partial charge in [-0.3, -0.25) is 9.36 Å². The van der Waals surface area contributed by atoms with E-state index in [1.54, 1.807) is 0 Å². The molecule has 0 radical (unpaired) electrons. The number of pyridine rings is 1. The third-order valence-corrected chi connectivity index (χ3v) is 8.18. The highest BCUT2D eigenvalue weighted by atomic mass is 32.2. The second kappa shape index (κ2) is 11.9. The first-order chi connectivity index (χ1) is 18.6. The first kappa shape index (κ1) is 28.1. The molecule has 8 nitrogen and oxygen atoms in total. The lowest BCUT2D eigenvalue weighted by molar-refractivity contribution is 0.161. The van der Waals surface area contributed by atoms with Crippen molar-refractivity contribution in [3.8, 4) is 17.0 Å². The topological polar surface area (TPSA) is 111 Å². The predicted molar refractivity (Wildman–Crippen MR) is 145 cm³/mol. The van der Waals surface area contributed by atoms with Gasteiger partial charge in [0, 0.05) is 25.3 Å². The third-order valence-electron chi connectivity index (χ3n) is 6.39. The summed E-state index contributed by atoms with van der Waals surface area (Å²) in [5.41, 5.74) is 0.923. The molecule has 0 aliphatic heterocycles. The Hall–Kier alpha value is -3.89. The zero-order valence-electron chi connectivity index (χ0n) is 21.9. The van der Waals surface area contributed by atoms with Gasteiger partial charge in [-0.25, -0.2) is 13.4 Å². The summed E-state index contributed by atoms with van der Waals surface area (Å²) < 4.78 is 47.4. The number of sulfone groups is 1. The van der Waals surface area contributed by atoms with Gasteiger partial charge in [0.2, 0.25) is 21.7 Å². The Morgan fingerprint density at radius 1 is 1.00 bits per heavy atom. The van der Waals surface area contributed by atoms with Crippen LogP contribution in [-0.2, 0) is 21.0 Å². The smallest absolute Gasteiger partial charge is 0.296 e. The van der Waals surface area contributed by atoms with Gasteiger partial charge in [-0.15, -0.1) is 0 Å². The Balaban J connectivity index is 1.86. The van der Waals surface area contributed by atoms with Crippen LogP contribution in [0.4, 0.5) is 4.39 Å². The highest BCUT2D eigenvalue weighted by Crippen LogP contribution is 2.33. The number of aryl methyl sites for hydroxylation is 1. The second-order valence-electron chi connectivity index (χ2n) is 9.57. The highest BCUT2D eigenvalue weighted by molar-refractivity contribution is 7.91. The summed E-state index contributed by atoms with van der Waals surface area (Å²) in [6.45, 7) is 4.16. The van der Waals surface area contributed by atoms with E-state index in [2.05, 4.69) is 9.97 Å². The zero-order chi connectivity index (χ0) is 28.2. The lowest BCUT2D eigenvalue weighted by Crippen LogP contribution is -2.29. The Labute approximate surface area is 226 Å². The molecule has 39 heavy (non-hydrogen) atoms.